The fourth-order valence-corrected chi connectivity index (χ4v) is 4.15. The second kappa shape index (κ2) is 9.25. The van der Waals surface area contributed by atoms with E-state index in [2.05, 4.69) is 38.2 Å². The largest absolute Gasteiger partial charge is 0.356 e. The van der Waals surface area contributed by atoms with Gasteiger partial charge in [-0.3, -0.25) is 9.59 Å². The van der Waals surface area contributed by atoms with Crippen LogP contribution in [0, 0.1) is 25.7 Å². The highest BCUT2D eigenvalue weighted by Gasteiger charge is 2.41. The molecule has 2 amide bonds. The van der Waals surface area contributed by atoms with Crippen LogP contribution in [0.5, 0.6) is 0 Å². The zero-order chi connectivity index (χ0) is 21.0. The van der Waals surface area contributed by atoms with Gasteiger partial charge in [-0.25, -0.2) is 0 Å². The third-order valence-corrected chi connectivity index (χ3v) is 5.93. The van der Waals surface area contributed by atoms with Crippen LogP contribution in [0.15, 0.2) is 48.5 Å². The van der Waals surface area contributed by atoms with Gasteiger partial charge in [0, 0.05) is 31.1 Å². The van der Waals surface area contributed by atoms with Crippen LogP contribution >= 0.6 is 0 Å². The topological polar surface area (TPSA) is 49.4 Å². The van der Waals surface area contributed by atoms with Crippen LogP contribution in [0.3, 0.4) is 0 Å². The molecule has 0 bridgehead atoms. The standard InChI is InChI=1S/C25H32N2O2/c1-17(2)13-14-26-24(28)23-16-27(25(29)21-12-8-6-10-19(21)4)15-22(23)20-11-7-5-9-18(20)3/h5-12,17,22-23H,13-16H2,1-4H3,(H,26,28)/t22-,23-/m1/s1. The highest BCUT2D eigenvalue weighted by molar-refractivity contribution is 5.96. The predicted octanol–water partition coefficient (Wildman–Crippen LogP) is 4.32. The Morgan fingerprint density at radius 1 is 1.00 bits per heavy atom. The number of hydrogen-bond acceptors (Lipinski definition) is 2. The number of rotatable bonds is 6. The zero-order valence-electron chi connectivity index (χ0n) is 17.9. The minimum Gasteiger partial charge on any atom is -0.356 e. The molecule has 2 aromatic carbocycles. The number of benzene rings is 2. The van der Waals surface area contributed by atoms with Crippen molar-refractivity contribution < 1.29 is 9.59 Å². The molecule has 1 fully saturated rings. The van der Waals surface area contributed by atoms with Crippen LogP contribution in [-0.4, -0.2) is 36.3 Å². The molecule has 0 aromatic heterocycles. The summed E-state index contributed by atoms with van der Waals surface area (Å²) in [6.45, 7) is 10.0. The number of amides is 2. The zero-order valence-corrected chi connectivity index (χ0v) is 17.9. The Bertz CT molecular complexity index is 875. The molecule has 2 atom stereocenters. The van der Waals surface area contributed by atoms with E-state index in [0.717, 1.165) is 23.1 Å². The number of nitrogens with zero attached hydrogens (tertiary/aromatic N) is 1. The van der Waals surface area contributed by atoms with Crippen LogP contribution < -0.4 is 5.32 Å². The number of hydrogen-bond donors (Lipinski definition) is 1. The maximum Gasteiger partial charge on any atom is 0.254 e. The van der Waals surface area contributed by atoms with Crippen molar-refractivity contribution in [3.05, 3.63) is 70.8 Å². The SMILES string of the molecule is Cc1ccccc1C(=O)N1C[C@H](c2ccccc2C)[C@H](C(=O)NCCC(C)C)C1. The minimum atomic E-state index is -0.226. The molecule has 29 heavy (non-hydrogen) atoms. The molecule has 2 aromatic rings. The molecule has 1 heterocycles. The number of carbonyl (C=O) groups excluding carboxylic acids is 2. The van der Waals surface area contributed by atoms with Gasteiger partial charge >= 0.3 is 0 Å². The molecule has 1 saturated heterocycles. The van der Waals surface area contributed by atoms with E-state index in [1.54, 1.807) is 0 Å². The van der Waals surface area contributed by atoms with Crippen LogP contribution in [0.25, 0.3) is 0 Å². The maximum absolute atomic E-state index is 13.2. The third-order valence-electron chi connectivity index (χ3n) is 5.93. The lowest BCUT2D eigenvalue weighted by molar-refractivity contribution is -0.124. The highest BCUT2D eigenvalue weighted by atomic mass is 16.2. The van der Waals surface area contributed by atoms with Crippen molar-refractivity contribution >= 4 is 11.8 Å². The summed E-state index contributed by atoms with van der Waals surface area (Å²) in [6, 6.07) is 15.9. The minimum absolute atomic E-state index is 0.0131. The van der Waals surface area contributed by atoms with Gasteiger partial charge in [-0.2, -0.15) is 0 Å². The van der Waals surface area contributed by atoms with Gasteiger partial charge in [-0.15, -0.1) is 0 Å². The van der Waals surface area contributed by atoms with Crippen LogP contribution in [-0.2, 0) is 4.79 Å². The lowest BCUT2D eigenvalue weighted by Crippen LogP contribution is -2.36. The smallest absolute Gasteiger partial charge is 0.254 e. The van der Waals surface area contributed by atoms with Gasteiger partial charge in [0.2, 0.25) is 5.91 Å². The van der Waals surface area contributed by atoms with Gasteiger partial charge in [-0.05, 0) is 48.9 Å². The first kappa shape index (κ1) is 21.1. The first-order chi connectivity index (χ1) is 13.9. The van der Waals surface area contributed by atoms with E-state index >= 15 is 0 Å². The lowest BCUT2D eigenvalue weighted by Gasteiger charge is -2.20. The second-order valence-corrected chi connectivity index (χ2v) is 8.57. The third kappa shape index (κ3) is 4.87. The molecule has 4 nitrogen and oxygen atoms in total. The summed E-state index contributed by atoms with van der Waals surface area (Å²) < 4.78 is 0. The molecule has 0 spiro atoms. The van der Waals surface area contributed by atoms with Gasteiger partial charge < -0.3 is 10.2 Å². The predicted molar refractivity (Wildman–Crippen MR) is 117 cm³/mol. The quantitative estimate of drug-likeness (QED) is 0.796. The van der Waals surface area contributed by atoms with Gasteiger partial charge in [0.15, 0.2) is 0 Å². The Morgan fingerprint density at radius 3 is 2.31 bits per heavy atom. The maximum atomic E-state index is 13.2. The van der Waals surface area contributed by atoms with E-state index in [-0.39, 0.29) is 23.7 Å². The van der Waals surface area contributed by atoms with E-state index in [0.29, 0.717) is 25.6 Å². The number of likely N-dealkylation sites (tertiary alicyclic amines) is 1. The summed E-state index contributed by atoms with van der Waals surface area (Å²) in [5, 5.41) is 3.11. The van der Waals surface area contributed by atoms with Crippen molar-refractivity contribution in [3.63, 3.8) is 0 Å². The Labute approximate surface area is 174 Å². The molecule has 154 valence electrons. The molecular weight excluding hydrogens is 360 g/mol. The Hall–Kier alpha value is -2.62. The first-order valence-corrected chi connectivity index (χ1v) is 10.6. The van der Waals surface area contributed by atoms with E-state index in [9.17, 15) is 9.59 Å². The fourth-order valence-electron chi connectivity index (χ4n) is 4.15. The van der Waals surface area contributed by atoms with Crippen molar-refractivity contribution in [1.29, 1.82) is 0 Å². The van der Waals surface area contributed by atoms with E-state index in [1.165, 1.54) is 5.56 Å². The van der Waals surface area contributed by atoms with Gasteiger partial charge in [-0.1, -0.05) is 56.3 Å². The van der Waals surface area contributed by atoms with Crippen molar-refractivity contribution in [2.45, 2.75) is 40.0 Å². The van der Waals surface area contributed by atoms with Gasteiger partial charge in [0.1, 0.15) is 0 Å². The van der Waals surface area contributed by atoms with Crippen molar-refractivity contribution in [1.82, 2.24) is 10.2 Å². The highest BCUT2D eigenvalue weighted by Crippen LogP contribution is 2.35. The van der Waals surface area contributed by atoms with Crippen molar-refractivity contribution in [2.75, 3.05) is 19.6 Å². The summed E-state index contributed by atoms with van der Waals surface area (Å²) in [5.74, 6) is 0.405. The average molecular weight is 393 g/mol. The normalized spacial score (nSPS) is 18.9. The van der Waals surface area contributed by atoms with Crippen molar-refractivity contribution in [3.8, 4) is 0 Å². The number of nitrogens with one attached hydrogen (secondary N) is 1. The van der Waals surface area contributed by atoms with Crippen LogP contribution in [0.4, 0.5) is 0 Å². The molecule has 3 rings (SSSR count). The van der Waals surface area contributed by atoms with Crippen LogP contribution in [0.1, 0.15) is 53.2 Å². The molecule has 0 saturated carbocycles. The van der Waals surface area contributed by atoms with Crippen molar-refractivity contribution in [2.24, 2.45) is 11.8 Å². The van der Waals surface area contributed by atoms with E-state index < -0.39 is 0 Å². The second-order valence-electron chi connectivity index (χ2n) is 8.57. The molecular formula is C25H32N2O2. The van der Waals surface area contributed by atoms with Gasteiger partial charge in [0.25, 0.3) is 5.91 Å². The Kier molecular flexibility index (Phi) is 6.73. The molecule has 4 heteroatoms. The average Bonchev–Trinajstić information content (AvgIpc) is 3.13. The van der Waals surface area contributed by atoms with Crippen LogP contribution in [0.2, 0.25) is 0 Å². The summed E-state index contributed by atoms with van der Waals surface area (Å²) in [6.07, 6.45) is 0.958. The molecule has 1 aliphatic rings. The Morgan fingerprint density at radius 2 is 1.66 bits per heavy atom. The van der Waals surface area contributed by atoms with E-state index in [1.807, 2.05) is 48.2 Å². The molecule has 0 unspecified atom stereocenters. The Balaban J connectivity index is 1.84. The fraction of sp³-hybridized carbons (Fsp3) is 0.440. The van der Waals surface area contributed by atoms with E-state index in [4.69, 9.17) is 0 Å². The molecule has 1 N–H and O–H groups in total. The van der Waals surface area contributed by atoms with Gasteiger partial charge in [0.05, 0.1) is 5.92 Å². The summed E-state index contributed by atoms with van der Waals surface area (Å²) in [4.78, 5) is 28.1. The molecule has 0 aliphatic carbocycles. The number of carbonyl (C=O) groups is 2. The summed E-state index contributed by atoms with van der Waals surface area (Å²) >= 11 is 0. The lowest BCUT2D eigenvalue weighted by atomic mass is 9.86. The number of aryl methyl sites for hydroxylation is 2. The summed E-state index contributed by atoms with van der Waals surface area (Å²) in [5.41, 5.74) is 4.02. The molecule has 1 aliphatic heterocycles. The first-order valence-electron chi connectivity index (χ1n) is 10.6. The molecule has 0 radical (unpaired) electrons. The monoisotopic (exact) mass is 392 g/mol. The summed E-state index contributed by atoms with van der Waals surface area (Å²) in [7, 11) is 0.